The Labute approximate surface area is 359 Å². The van der Waals surface area contributed by atoms with E-state index in [-0.39, 0.29) is 6.61 Å². The molecule has 9 atom stereocenters. The summed E-state index contributed by atoms with van der Waals surface area (Å²) in [5, 5.41) is 0. The average molecular weight is 855 g/mol. The number of benzene rings is 3. The standard InChI is InChI=1S/C47H50O15/c1-30(48)55-41-39-34(28-53-45(2,3)60-39)56-44-42(41)61-46(4,5)54-29-47(62-44)43(58-38(51)26-23-33-19-13-8-14-20-33)40(57-37(50)25-22-32-17-11-7-12-18-32)35(59-47)27-52-36(49)24-21-31-15-9-6-10-16-31/h6-26,34-35,39-44H,27-29H2,1-5H3/b24-21+,25-22+,26-23+/t34-,35-,39-,40-,41+,42-,43+,44-,47+/m1/s1. The molecule has 4 saturated heterocycles. The van der Waals surface area contributed by atoms with Gasteiger partial charge in [0.1, 0.15) is 31.5 Å². The van der Waals surface area contributed by atoms with Crippen molar-refractivity contribution >= 4 is 42.1 Å². The van der Waals surface area contributed by atoms with Gasteiger partial charge in [-0.05, 0) is 62.6 Å². The van der Waals surface area contributed by atoms with E-state index in [1.54, 1.807) is 70.2 Å². The predicted octanol–water partition coefficient (Wildman–Crippen LogP) is 5.56. The largest absolute Gasteiger partial charge is 0.460 e. The van der Waals surface area contributed by atoms with E-state index in [0.29, 0.717) is 11.1 Å². The summed E-state index contributed by atoms with van der Waals surface area (Å²) in [4.78, 5) is 53.4. The molecule has 4 fully saturated rings. The molecule has 1 spiro atoms. The van der Waals surface area contributed by atoms with E-state index < -0.39 is 103 Å². The highest BCUT2D eigenvalue weighted by molar-refractivity contribution is 5.88. The number of esters is 4. The van der Waals surface area contributed by atoms with E-state index in [1.807, 2.05) is 66.7 Å². The third kappa shape index (κ3) is 11.3. The van der Waals surface area contributed by atoms with E-state index in [0.717, 1.165) is 5.56 Å². The summed E-state index contributed by atoms with van der Waals surface area (Å²) < 4.78 is 68.6. The van der Waals surface area contributed by atoms with Crippen LogP contribution in [0.1, 0.15) is 51.3 Å². The predicted molar refractivity (Wildman–Crippen MR) is 220 cm³/mol. The van der Waals surface area contributed by atoms with Crippen LogP contribution in [-0.2, 0) is 71.3 Å². The smallest absolute Gasteiger partial charge is 0.331 e. The van der Waals surface area contributed by atoms with Crippen LogP contribution in [0.4, 0.5) is 0 Å². The van der Waals surface area contributed by atoms with Gasteiger partial charge in [-0.15, -0.1) is 0 Å². The normalized spacial score (nSPS) is 30.2. The molecule has 0 radical (unpaired) electrons. The second-order valence-corrected chi connectivity index (χ2v) is 15.9. The molecule has 0 saturated carbocycles. The summed E-state index contributed by atoms with van der Waals surface area (Å²) in [7, 11) is 0. The van der Waals surface area contributed by atoms with Crippen LogP contribution in [0.2, 0.25) is 0 Å². The molecule has 4 aliphatic heterocycles. The zero-order valence-electron chi connectivity index (χ0n) is 35.0. The highest BCUT2D eigenvalue weighted by atomic mass is 16.9. The maximum Gasteiger partial charge on any atom is 0.331 e. The van der Waals surface area contributed by atoms with Gasteiger partial charge >= 0.3 is 23.9 Å². The van der Waals surface area contributed by atoms with Crippen molar-refractivity contribution < 1.29 is 71.3 Å². The third-order valence-corrected chi connectivity index (χ3v) is 10.2. The fourth-order valence-electron chi connectivity index (χ4n) is 7.42. The summed E-state index contributed by atoms with van der Waals surface area (Å²) in [5.74, 6) is -7.73. The first kappa shape index (κ1) is 44.5. The van der Waals surface area contributed by atoms with Crippen LogP contribution in [0.25, 0.3) is 18.2 Å². The number of carbonyl (C=O) groups is 4. The molecule has 0 amide bonds. The Morgan fingerprint density at radius 2 is 1.13 bits per heavy atom. The Kier molecular flexibility index (Phi) is 13.8. The summed E-state index contributed by atoms with van der Waals surface area (Å²) >= 11 is 0. The topological polar surface area (TPSA) is 170 Å². The van der Waals surface area contributed by atoms with E-state index in [1.165, 1.54) is 25.2 Å². The first-order chi connectivity index (χ1) is 29.7. The molecule has 0 unspecified atom stereocenters. The van der Waals surface area contributed by atoms with Crippen molar-refractivity contribution in [3.63, 3.8) is 0 Å². The Bertz CT molecular complexity index is 2120. The number of carbonyl (C=O) groups excluding carboxylic acids is 4. The third-order valence-electron chi connectivity index (χ3n) is 10.2. The van der Waals surface area contributed by atoms with Crippen LogP contribution in [0.15, 0.2) is 109 Å². The summed E-state index contributed by atoms with van der Waals surface area (Å²) in [6.45, 7) is 6.96. The van der Waals surface area contributed by atoms with Crippen molar-refractivity contribution in [3.8, 4) is 0 Å². The van der Waals surface area contributed by atoms with Gasteiger partial charge in [-0.2, -0.15) is 0 Å². The molecule has 0 bridgehead atoms. The first-order valence-electron chi connectivity index (χ1n) is 20.3. The maximum absolute atomic E-state index is 13.9. The molecule has 4 heterocycles. The van der Waals surface area contributed by atoms with Gasteiger partial charge < -0.3 is 52.1 Å². The Morgan fingerprint density at radius 1 is 0.613 bits per heavy atom. The molecule has 0 aliphatic carbocycles. The Morgan fingerprint density at radius 3 is 1.69 bits per heavy atom. The fraction of sp³-hybridized carbons (Fsp3) is 0.404. The van der Waals surface area contributed by atoms with Gasteiger partial charge in [-0.1, -0.05) is 91.0 Å². The molecule has 0 aromatic heterocycles. The van der Waals surface area contributed by atoms with Crippen LogP contribution in [0.5, 0.6) is 0 Å². The second-order valence-electron chi connectivity index (χ2n) is 15.9. The van der Waals surface area contributed by atoms with Gasteiger partial charge in [0.15, 0.2) is 42.3 Å². The second kappa shape index (κ2) is 19.3. The van der Waals surface area contributed by atoms with E-state index in [4.69, 9.17) is 52.1 Å². The monoisotopic (exact) mass is 854 g/mol. The molecular weight excluding hydrogens is 805 g/mol. The van der Waals surface area contributed by atoms with Gasteiger partial charge in [0.2, 0.25) is 5.79 Å². The average Bonchev–Trinajstić information content (AvgIpc) is 3.52. The zero-order chi connectivity index (χ0) is 43.9. The van der Waals surface area contributed by atoms with Crippen LogP contribution >= 0.6 is 0 Å². The number of fused-ring (bicyclic) bond motifs is 2. The van der Waals surface area contributed by atoms with Gasteiger partial charge in [0, 0.05) is 25.2 Å². The van der Waals surface area contributed by atoms with Crippen LogP contribution < -0.4 is 0 Å². The highest BCUT2D eigenvalue weighted by Gasteiger charge is 2.66. The van der Waals surface area contributed by atoms with Crippen molar-refractivity contribution in [2.24, 2.45) is 0 Å². The van der Waals surface area contributed by atoms with Gasteiger partial charge in [0.25, 0.3) is 0 Å². The van der Waals surface area contributed by atoms with Crippen LogP contribution in [0.3, 0.4) is 0 Å². The van der Waals surface area contributed by atoms with Crippen molar-refractivity contribution in [2.75, 3.05) is 19.8 Å². The Hall–Kier alpha value is -5.52. The SMILES string of the molecule is CC(=O)O[C@@H]1[C@H]2OC(C)(C)OC[C@@]3(O[C@H]2O[C@@H]2COC(C)(C)O[C@@H]12)O[C@H](COC(=O)/C=C/c1ccccc1)[C@@H](OC(=O)/C=C/c1ccccc1)[C@@H]3OC(=O)/C=C/c1ccccc1. The molecule has 0 N–H and O–H groups in total. The van der Waals surface area contributed by atoms with Crippen molar-refractivity contribution in [1.82, 2.24) is 0 Å². The molecule has 15 nitrogen and oxygen atoms in total. The molecular formula is C47H50O15. The highest BCUT2D eigenvalue weighted by Crippen LogP contribution is 2.45. The molecule has 15 heteroatoms. The van der Waals surface area contributed by atoms with Gasteiger partial charge in [-0.25, -0.2) is 14.4 Å². The lowest BCUT2D eigenvalue weighted by molar-refractivity contribution is -0.454. The number of hydrogen-bond acceptors (Lipinski definition) is 15. The van der Waals surface area contributed by atoms with E-state index in [2.05, 4.69) is 0 Å². The molecule has 3 aromatic carbocycles. The number of rotatable bonds is 11. The Balaban J connectivity index is 1.26. The first-order valence-corrected chi connectivity index (χ1v) is 20.3. The van der Waals surface area contributed by atoms with Crippen LogP contribution in [-0.4, -0.2) is 110 Å². The lowest BCUT2D eigenvalue weighted by atomic mass is 9.96. The lowest BCUT2D eigenvalue weighted by Crippen LogP contribution is -2.70. The molecule has 4 aliphatic rings. The van der Waals surface area contributed by atoms with Crippen molar-refractivity contribution in [3.05, 3.63) is 126 Å². The minimum Gasteiger partial charge on any atom is -0.460 e. The van der Waals surface area contributed by atoms with Gasteiger partial charge in [0.05, 0.1) is 6.61 Å². The number of ether oxygens (including phenoxy) is 11. The van der Waals surface area contributed by atoms with Crippen molar-refractivity contribution in [1.29, 1.82) is 0 Å². The molecule has 62 heavy (non-hydrogen) atoms. The fourth-order valence-corrected chi connectivity index (χ4v) is 7.42. The van der Waals surface area contributed by atoms with Crippen LogP contribution in [0, 0.1) is 0 Å². The van der Waals surface area contributed by atoms with E-state index in [9.17, 15) is 19.2 Å². The zero-order valence-corrected chi connectivity index (χ0v) is 35.0. The molecule has 328 valence electrons. The molecule has 3 aromatic rings. The minimum absolute atomic E-state index is 0.0154. The summed E-state index contributed by atoms with van der Waals surface area (Å²) in [6.07, 6.45) is -1.56. The maximum atomic E-state index is 13.9. The summed E-state index contributed by atoms with van der Waals surface area (Å²) in [5.41, 5.74) is 2.18. The lowest BCUT2D eigenvalue weighted by Gasteiger charge is -2.53. The molecule has 7 rings (SSSR count). The van der Waals surface area contributed by atoms with E-state index >= 15 is 0 Å². The van der Waals surface area contributed by atoms with Crippen molar-refractivity contribution in [2.45, 2.75) is 101 Å². The number of hydrogen-bond donors (Lipinski definition) is 0. The quantitative estimate of drug-likeness (QED) is 0.133. The van der Waals surface area contributed by atoms with Gasteiger partial charge in [-0.3, -0.25) is 4.79 Å². The minimum atomic E-state index is -2.14. The summed E-state index contributed by atoms with van der Waals surface area (Å²) in [6, 6.07) is 27.2.